The molecule has 0 bridgehead atoms. The molecule has 10 heteroatoms. The molecule has 0 saturated carbocycles. The molecule has 190 valence electrons. The Kier molecular flexibility index (Phi) is 19.4. The Morgan fingerprint density at radius 3 is 1.85 bits per heavy atom. The summed E-state index contributed by atoms with van der Waals surface area (Å²) in [6.45, 7) is 4.46. The Morgan fingerprint density at radius 2 is 1.44 bits per heavy atom. The third kappa shape index (κ3) is 17.9. The van der Waals surface area contributed by atoms with Crippen molar-refractivity contribution in [3.05, 3.63) is 29.8 Å². The SMILES string of the molecule is CCCCCCCCCCCCc1ccccc1O[CH](C)[K].O=C(O)CC(C(=O)O)S(=O)(=O)O. The zero-order valence-corrected chi connectivity index (χ0v) is 24.7. The molecule has 0 aliphatic carbocycles. The molecule has 0 saturated heterocycles. The normalized spacial score (nSPS) is 12.9. The van der Waals surface area contributed by atoms with Gasteiger partial charge in [-0.1, -0.05) is 26.2 Å². The van der Waals surface area contributed by atoms with Crippen molar-refractivity contribution in [2.75, 3.05) is 0 Å². The number of carbonyl (C=O) groups is 2. The molecule has 2 atom stereocenters. The van der Waals surface area contributed by atoms with Gasteiger partial charge in [0.25, 0.3) is 10.1 Å². The van der Waals surface area contributed by atoms with Crippen LogP contribution in [-0.2, 0) is 26.1 Å². The summed E-state index contributed by atoms with van der Waals surface area (Å²) in [5.41, 5.74) is 1.40. The smallest absolute Gasteiger partial charge is 0.325 e. The summed E-state index contributed by atoms with van der Waals surface area (Å²) in [7, 11) is -4.84. The van der Waals surface area contributed by atoms with Crippen LogP contribution in [0.4, 0.5) is 0 Å². The maximum absolute atomic E-state index is 10.2. The molecule has 2 unspecified atom stereocenters. The van der Waals surface area contributed by atoms with Crippen LogP contribution in [0, 0.1) is 0 Å². The number of carboxylic acid groups (broad SMARTS) is 2. The maximum Gasteiger partial charge on any atom is 0.325 e. The van der Waals surface area contributed by atoms with Crippen molar-refractivity contribution in [1.82, 2.24) is 0 Å². The van der Waals surface area contributed by atoms with E-state index in [2.05, 4.69) is 38.1 Å². The van der Waals surface area contributed by atoms with Gasteiger partial charge in [-0.3, -0.25) is 14.1 Å². The fourth-order valence-corrected chi connectivity index (χ4v) is 4.37. The van der Waals surface area contributed by atoms with Crippen LogP contribution in [0.15, 0.2) is 24.3 Å². The number of unbranched alkanes of at least 4 members (excludes halogenated alkanes) is 9. The first-order valence-electron chi connectivity index (χ1n) is 12.1. The van der Waals surface area contributed by atoms with Gasteiger partial charge in [0.15, 0.2) is 5.25 Å². The summed E-state index contributed by atoms with van der Waals surface area (Å²) in [5, 5.41) is 13.9. The van der Waals surface area contributed by atoms with E-state index < -0.39 is 33.7 Å². The summed E-state index contributed by atoms with van der Waals surface area (Å²) in [6, 6.07) is 8.60. The number of benzene rings is 1. The summed E-state index contributed by atoms with van der Waals surface area (Å²) < 4.78 is 35.1. The van der Waals surface area contributed by atoms with Gasteiger partial charge in [0.05, 0.1) is 6.42 Å². The molecule has 8 nitrogen and oxygen atoms in total. The van der Waals surface area contributed by atoms with Crippen LogP contribution in [0.25, 0.3) is 0 Å². The van der Waals surface area contributed by atoms with Crippen LogP contribution in [0.2, 0.25) is 0 Å². The molecule has 0 aromatic heterocycles. The van der Waals surface area contributed by atoms with Gasteiger partial charge in [0, 0.05) is 0 Å². The Hall–Kier alpha value is -0.494. The first kappa shape index (κ1) is 33.5. The summed E-state index contributed by atoms with van der Waals surface area (Å²) >= 11 is 0.733. The topological polar surface area (TPSA) is 138 Å². The van der Waals surface area contributed by atoms with Gasteiger partial charge in [-0.15, -0.1) is 0 Å². The van der Waals surface area contributed by atoms with Crippen molar-refractivity contribution in [2.24, 2.45) is 0 Å². The van der Waals surface area contributed by atoms with Gasteiger partial charge in [-0.05, 0) is 0 Å². The molecule has 0 spiro atoms. The average Bonchev–Trinajstić information content (AvgIpc) is 2.73. The fourth-order valence-electron chi connectivity index (χ4n) is 3.36. The molecule has 0 aliphatic heterocycles. The summed E-state index contributed by atoms with van der Waals surface area (Å²) in [4.78, 5) is 20.0. The van der Waals surface area contributed by atoms with E-state index in [0.717, 1.165) is 54.7 Å². The quantitative estimate of drug-likeness (QED) is 0.149. The van der Waals surface area contributed by atoms with E-state index in [0.29, 0.717) is 0.199 Å². The maximum atomic E-state index is 10.2. The predicted octanol–water partition coefficient (Wildman–Crippen LogP) is 4.85. The number of hydrogen-bond acceptors (Lipinski definition) is 5. The van der Waals surface area contributed by atoms with E-state index >= 15 is 0 Å². The molecule has 0 heterocycles. The fraction of sp³-hybridized carbons (Fsp3) is 0.667. The molecule has 0 fully saturated rings. The number of carboxylic acids is 2. The molecule has 0 aliphatic rings. The van der Waals surface area contributed by atoms with E-state index in [1.807, 2.05) is 0 Å². The standard InChI is InChI=1S/C20H33O.C4H6O7S.K/c1-3-5-6-7-8-9-10-11-12-13-16-19-17-14-15-18-20(19)21-4-2;5-3(6)1-2(4(7)8)12(9,10)11;/h4,14-15,17-18H,3,5-13,16H2,1-2H3;2H,1H2,(H,5,6)(H,7,8)(H,9,10,11);. The van der Waals surface area contributed by atoms with Crippen LogP contribution < -0.4 is 4.74 Å². The molecule has 1 aromatic carbocycles. The second kappa shape index (κ2) is 19.7. The minimum absolute atomic E-state index is 0.446. The van der Waals surface area contributed by atoms with Crippen LogP contribution >= 0.6 is 0 Å². The Labute approximate surface area is 238 Å². The molecular weight excluding hydrogens is 487 g/mol. The van der Waals surface area contributed by atoms with Crippen LogP contribution in [0.5, 0.6) is 5.75 Å². The monoisotopic (exact) mass is 526 g/mol. The third-order valence-corrected chi connectivity index (χ3v) is 6.59. The number of aliphatic carboxylic acids is 2. The number of hydrogen-bond donors (Lipinski definition) is 3. The molecule has 1 rings (SSSR count). The summed E-state index contributed by atoms with van der Waals surface area (Å²) in [5.74, 6) is -2.38. The van der Waals surface area contributed by atoms with Crippen LogP contribution in [0.3, 0.4) is 0 Å². The number of rotatable bonds is 17. The van der Waals surface area contributed by atoms with Gasteiger partial charge < -0.3 is 10.2 Å². The van der Waals surface area contributed by atoms with Gasteiger partial charge in [0.2, 0.25) is 0 Å². The largest absolute Gasteiger partial charge is 0.481 e. The molecule has 0 radical (unpaired) electrons. The van der Waals surface area contributed by atoms with E-state index in [-0.39, 0.29) is 0 Å². The molecule has 34 heavy (non-hydrogen) atoms. The minimum Gasteiger partial charge on any atom is -0.481 e. The molecular formula is C24H39KO8S. The number of ether oxygens (including phenoxy) is 1. The Morgan fingerprint density at radius 1 is 0.941 bits per heavy atom. The average molecular weight is 527 g/mol. The second-order valence-corrected chi connectivity index (χ2v) is 12.8. The van der Waals surface area contributed by atoms with E-state index in [9.17, 15) is 18.0 Å². The van der Waals surface area contributed by atoms with Gasteiger partial charge in [-0.2, -0.15) is 8.42 Å². The van der Waals surface area contributed by atoms with Crippen LogP contribution in [0.1, 0.15) is 90.0 Å². The van der Waals surface area contributed by atoms with Gasteiger partial charge in [-0.25, -0.2) is 0 Å². The van der Waals surface area contributed by atoms with Crippen molar-refractivity contribution in [3.63, 3.8) is 0 Å². The van der Waals surface area contributed by atoms with Crippen molar-refractivity contribution >= 4 is 71.0 Å². The second-order valence-electron chi connectivity index (χ2n) is 8.65. The molecule has 0 amide bonds. The predicted molar refractivity (Wildman–Crippen MR) is 133 cm³/mol. The zero-order valence-electron chi connectivity index (χ0n) is 20.7. The van der Waals surface area contributed by atoms with E-state index in [1.165, 1.54) is 76.2 Å². The van der Waals surface area contributed by atoms with Crippen LogP contribution in [-0.4, -0.2) is 89.5 Å². The number of aryl methyl sites for hydroxylation is 1. The first-order chi connectivity index (χ1) is 16.0. The first-order valence-corrected chi connectivity index (χ1v) is 15.4. The summed E-state index contributed by atoms with van der Waals surface area (Å²) in [6.07, 6.45) is 14.0. The van der Waals surface area contributed by atoms with E-state index in [4.69, 9.17) is 19.5 Å². The van der Waals surface area contributed by atoms with Crippen molar-refractivity contribution in [1.29, 1.82) is 0 Å². The minimum atomic E-state index is -4.84. The molecule has 3 N–H and O–H groups in total. The van der Waals surface area contributed by atoms with Crippen molar-refractivity contribution < 1.29 is 37.5 Å². The number of para-hydroxylation sites is 1. The van der Waals surface area contributed by atoms with Gasteiger partial charge >= 0.3 is 160 Å². The Balaban J connectivity index is 0.000000770. The van der Waals surface area contributed by atoms with Crippen molar-refractivity contribution in [3.8, 4) is 5.75 Å². The zero-order chi connectivity index (χ0) is 26.0. The van der Waals surface area contributed by atoms with Gasteiger partial charge in [0.1, 0.15) is 0 Å². The Bertz CT molecular complexity index is 811. The van der Waals surface area contributed by atoms with Crippen molar-refractivity contribution in [2.45, 2.75) is 96.3 Å². The molecule has 1 aromatic rings. The third-order valence-electron chi connectivity index (χ3n) is 5.13. The van der Waals surface area contributed by atoms with E-state index in [1.54, 1.807) is 0 Å².